The molecule has 1 aliphatic carbocycles. The lowest BCUT2D eigenvalue weighted by atomic mass is 9.82. The number of rotatable bonds is 6. The second kappa shape index (κ2) is 7.39. The molecule has 0 bridgehead atoms. The summed E-state index contributed by atoms with van der Waals surface area (Å²) in [7, 11) is 0. The molecule has 0 spiro atoms. The minimum absolute atomic E-state index is 0.157. The highest BCUT2D eigenvalue weighted by atomic mass is 16.4. The highest BCUT2D eigenvalue weighted by Gasteiger charge is 2.23. The summed E-state index contributed by atoms with van der Waals surface area (Å²) in [4.78, 5) is 22.5. The average molecular weight is 255 g/mol. The first-order valence-corrected chi connectivity index (χ1v) is 7.01. The van der Waals surface area contributed by atoms with E-state index in [0.29, 0.717) is 13.0 Å². The molecule has 18 heavy (non-hydrogen) atoms. The predicted molar refractivity (Wildman–Crippen MR) is 70.2 cm³/mol. The Kier molecular flexibility index (Phi) is 6.16. The maximum Gasteiger partial charge on any atom is 0.306 e. The van der Waals surface area contributed by atoms with Gasteiger partial charge < -0.3 is 10.4 Å². The van der Waals surface area contributed by atoms with Crippen LogP contribution >= 0.6 is 0 Å². The molecule has 4 nitrogen and oxygen atoms in total. The van der Waals surface area contributed by atoms with E-state index in [1.807, 2.05) is 0 Å². The molecule has 1 amide bonds. The van der Waals surface area contributed by atoms with Crippen molar-refractivity contribution in [3.63, 3.8) is 0 Å². The average Bonchev–Trinajstić information content (AvgIpc) is 2.34. The monoisotopic (exact) mass is 255 g/mol. The third-order valence-corrected chi connectivity index (χ3v) is 3.92. The number of aliphatic carboxylic acids is 1. The Morgan fingerprint density at radius 3 is 2.44 bits per heavy atom. The Labute approximate surface area is 109 Å². The third kappa shape index (κ3) is 5.07. The summed E-state index contributed by atoms with van der Waals surface area (Å²) < 4.78 is 0. The normalized spacial score (nSPS) is 25.4. The van der Waals surface area contributed by atoms with Gasteiger partial charge in [0, 0.05) is 12.5 Å². The van der Waals surface area contributed by atoms with Crippen LogP contribution in [-0.4, -0.2) is 23.5 Å². The van der Waals surface area contributed by atoms with E-state index in [2.05, 4.69) is 12.2 Å². The van der Waals surface area contributed by atoms with Crippen molar-refractivity contribution in [3.8, 4) is 0 Å². The lowest BCUT2D eigenvalue weighted by Gasteiger charge is -2.25. The molecule has 1 unspecified atom stereocenters. The summed E-state index contributed by atoms with van der Waals surface area (Å²) in [6, 6.07) is 0. The van der Waals surface area contributed by atoms with Crippen LogP contribution in [0.2, 0.25) is 0 Å². The molecule has 1 rings (SSSR count). The molecule has 104 valence electrons. The summed E-state index contributed by atoms with van der Waals surface area (Å²) in [5, 5.41) is 11.7. The first-order chi connectivity index (χ1) is 8.50. The highest BCUT2D eigenvalue weighted by molar-refractivity contribution is 5.78. The van der Waals surface area contributed by atoms with Crippen molar-refractivity contribution in [3.05, 3.63) is 0 Å². The Bertz CT molecular complexity index is 283. The molecular formula is C14H25NO3. The van der Waals surface area contributed by atoms with Gasteiger partial charge in [0.15, 0.2) is 0 Å². The molecule has 1 fully saturated rings. The van der Waals surface area contributed by atoms with Crippen molar-refractivity contribution in [1.29, 1.82) is 0 Å². The number of carboxylic acids is 1. The van der Waals surface area contributed by atoms with Crippen molar-refractivity contribution >= 4 is 11.9 Å². The number of carbonyl (C=O) groups excluding carboxylic acids is 1. The van der Waals surface area contributed by atoms with Crippen molar-refractivity contribution in [2.75, 3.05) is 6.54 Å². The first kappa shape index (κ1) is 15.0. The third-order valence-electron chi connectivity index (χ3n) is 3.92. The largest absolute Gasteiger partial charge is 0.481 e. The number of carboxylic acid groups (broad SMARTS) is 1. The van der Waals surface area contributed by atoms with Crippen molar-refractivity contribution in [2.45, 2.75) is 52.4 Å². The van der Waals surface area contributed by atoms with Gasteiger partial charge in [-0.05, 0) is 44.4 Å². The van der Waals surface area contributed by atoms with Crippen LogP contribution in [0.3, 0.4) is 0 Å². The zero-order valence-electron chi connectivity index (χ0n) is 11.4. The Morgan fingerprint density at radius 1 is 1.28 bits per heavy atom. The second-order valence-electron chi connectivity index (χ2n) is 5.63. The van der Waals surface area contributed by atoms with Gasteiger partial charge in [-0.15, -0.1) is 0 Å². The molecule has 0 heterocycles. The SMILES string of the molecule is CC1CCC(C(=O)NCCCC(C)C(=O)O)CC1. The molecule has 0 radical (unpaired) electrons. The van der Waals surface area contributed by atoms with Crippen LogP contribution < -0.4 is 5.32 Å². The van der Waals surface area contributed by atoms with E-state index in [9.17, 15) is 9.59 Å². The fraction of sp³-hybridized carbons (Fsp3) is 0.857. The molecule has 1 saturated carbocycles. The molecular weight excluding hydrogens is 230 g/mol. The lowest BCUT2D eigenvalue weighted by Crippen LogP contribution is -2.33. The molecule has 1 aliphatic rings. The van der Waals surface area contributed by atoms with Gasteiger partial charge in [-0.2, -0.15) is 0 Å². The summed E-state index contributed by atoms with van der Waals surface area (Å²) in [5.74, 6) is 0.00784. The quantitative estimate of drug-likeness (QED) is 0.716. The minimum atomic E-state index is -0.761. The summed E-state index contributed by atoms with van der Waals surface area (Å²) in [6.07, 6.45) is 5.65. The fourth-order valence-corrected chi connectivity index (χ4v) is 2.41. The van der Waals surface area contributed by atoms with Gasteiger partial charge in [0.2, 0.25) is 5.91 Å². The number of carbonyl (C=O) groups is 2. The van der Waals surface area contributed by atoms with E-state index in [0.717, 1.165) is 38.0 Å². The van der Waals surface area contributed by atoms with Gasteiger partial charge >= 0.3 is 5.97 Å². The second-order valence-corrected chi connectivity index (χ2v) is 5.63. The predicted octanol–water partition coefficient (Wildman–Crippen LogP) is 2.43. The van der Waals surface area contributed by atoms with E-state index in [-0.39, 0.29) is 17.7 Å². The minimum Gasteiger partial charge on any atom is -0.481 e. The molecule has 1 atom stereocenters. The van der Waals surface area contributed by atoms with Crippen LogP contribution in [0.4, 0.5) is 0 Å². The zero-order valence-corrected chi connectivity index (χ0v) is 11.4. The van der Waals surface area contributed by atoms with Crippen molar-refractivity contribution in [1.82, 2.24) is 5.32 Å². The number of nitrogens with one attached hydrogen (secondary N) is 1. The molecule has 4 heteroatoms. The van der Waals surface area contributed by atoms with Gasteiger partial charge in [0.25, 0.3) is 0 Å². The fourth-order valence-electron chi connectivity index (χ4n) is 2.41. The van der Waals surface area contributed by atoms with Gasteiger partial charge in [-0.3, -0.25) is 9.59 Å². The van der Waals surface area contributed by atoms with Gasteiger partial charge in [0.1, 0.15) is 0 Å². The standard InChI is InChI=1S/C14H25NO3/c1-10-5-7-12(8-6-10)13(16)15-9-3-4-11(2)14(17)18/h10-12H,3-9H2,1-2H3,(H,15,16)(H,17,18). The van der Waals surface area contributed by atoms with Gasteiger partial charge in [-0.1, -0.05) is 13.8 Å². The topological polar surface area (TPSA) is 66.4 Å². The number of hydrogen-bond acceptors (Lipinski definition) is 2. The molecule has 0 aromatic rings. The van der Waals surface area contributed by atoms with Crippen LogP contribution in [0.1, 0.15) is 52.4 Å². The van der Waals surface area contributed by atoms with E-state index in [1.54, 1.807) is 6.92 Å². The van der Waals surface area contributed by atoms with Crippen LogP contribution in [-0.2, 0) is 9.59 Å². The molecule has 0 aliphatic heterocycles. The zero-order chi connectivity index (χ0) is 13.5. The van der Waals surface area contributed by atoms with Crippen molar-refractivity contribution < 1.29 is 14.7 Å². The van der Waals surface area contributed by atoms with E-state index in [1.165, 1.54) is 0 Å². The molecule has 0 aromatic heterocycles. The van der Waals surface area contributed by atoms with Gasteiger partial charge in [-0.25, -0.2) is 0 Å². The summed E-state index contributed by atoms with van der Waals surface area (Å²) in [5.41, 5.74) is 0. The molecule has 0 saturated heterocycles. The summed E-state index contributed by atoms with van der Waals surface area (Å²) in [6.45, 7) is 4.54. The summed E-state index contributed by atoms with van der Waals surface area (Å²) >= 11 is 0. The number of amides is 1. The maximum atomic E-state index is 11.9. The van der Waals surface area contributed by atoms with Crippen LogP contribution in [0.15, 0.2) is 0 Å². The Hall–Kier alpha value is -1.06. The Morgan fingerprint density at radius 2 is 1.89 bits per heavy atom. The molecule has 0 aromatic carbocycles. The molecule has 2 N–H and O–H groups in total. The van der Waals surface area contributed by atoms with E-state index >= 15 is 0 Å². The van der Waals surface area contributed by atoms with Crippen molar-refractivity contribution in [2.24, 2.45) is 17.8 Å². The van der Waals surface area contributed by atoms with Gasteiger partial charge in [0.05, 0.1) is 5.92 Å². The van der Waals surface area contributed by atoms with Crippen LogP contribution in [0.25, 0.3) is 0 Å². The lowest BCUT2D eigenvalue weighted by molar-refractivity contribution is -0.141. The van der Waals surface area contributed by atoms with Crippen LogP contribution in [0.5, 0.6) is 0 Å². The smallest absolute Gasteiger partial charge is 0.306 e. The Balaban J connectivity index is 2.12. The first-order valence-electron chi connectivity index (χ1n) is 7.01. The van der Waals surface area contributed by atoms with E-state index in [4.69, 9.17) is 5.11 Å². The maximum absolute atomic E-state index is 11.9. The van der Waals surface area contributed by atoms with E-state index < -0.39 is 5.97 Å². The van der Waals surface area contributed by atoms with Crippen LogP contribution in [0, 0.1) is 17.8 Å². The highest BCUT2D eigenvalue weighted by Crippen LogP contribution is 2.28. The number of hydrogen-bond donors (Lipinski definition) is 2.